The molecule has 7 heteroatoms. The van der Waals surface area contributed by atoms with Crippen LogP contribution in [0.5, 0.6) is 5.75 Å². The van der Waals surface area contributed by atoms with Crippen molar-refractivity contribution in [3.05, 3.63) is 59.1 Å². The van der Waals surface area contributed by atoms with Crippen molar-refractivity contribution in [2.24, 2.45) is 5.41 Å². The van der Waals surface area contributed by atoms with Crippen LogP contribution in [0.15, 0.2) is 48.5 Å². The number of nitrogens with zero attached hydrogens (tertiary/aromatic N) is 1. The van der Waals surface area contributed by atoms with Crippen LogP contribution in [0.1, 0.15) is 25.3 Å². The number of hydrogen-bond acceptors (Lipinski definition) is 3. The maximum atomic E-state index is 12.9. The van der Waals surface area contributed by atoms with Crippen LogP contribution in [-0.2, 0) is 11.3 Å². The van der Waals surface area contributed by atoms with Crippen molar-refractivity contribution >= 4 is 29.2 Å². The molecule has 1 fully saturated rings. The Kier molecular flexibility index (Phi) is 6.64. The number of methoxy groups -OCH3 is 1. The number of benzene rings is 2. The van der Waals surface area contributed by atoms with E-state index in [2.05, 4.69) is 10.6 Å². The molecule has 1 aliphatic heterocycles. The van der Waals surface area contributed by atoms with E-state index < -0.39 is 5.41 Å². The fourth-order valence-electron chi connectivity index (χ4n) is 3.53. The molecule has 2 aromatic rings. The first-order valence-corrected chi connectivity index (χ1v) is 10.0. The molecule has 0 spiro atoms. The van der Waals surface area contributed by atoms with Gasteiger partial charge < -0.3 is 20.3 Å². The van der Waals surface area contributed by atoms with Gasteiger partial charge in [-0.1, -0.05) is 35.9 Å². The summed E-state index contributed by atoms with van der Waals surface area (Å²) in [4.78, 5) is 27.3. The lowest BCUT2D eigenvalue weighted by Gasteiger charge is -2.39. The molecule has 1 heterocycles. The highest BCUT2D eigenvalue weighted by molar-refractivity contribution is 6.33. The quantitative estimate of drug-likeness (QED) is 0.764. The summed E-state index contributed by atoms with van der Waals surface area (Å²) in [6, 6.07) is 14.4. The van der Waals surface area contributed by atoms with Crippen LogP contribution >= 0.6 is 11.6 Å². The van der Waals surface area contributed by atoms with Gasteiger partial charge in [0.25, 0.3) is 0 Å². The molecule has 0 aromatic heterocycles. The number of likely N-dealkylation sites (tertiary alicyclic amines) is 1. The summed E-state index contributed by atoms with van der Waals surface area (Å²) in [5.41, 5.74) is 0.883. The summed E-state index contributed by atoms with van der Waals surface area (Å²) in [5, 5.41) is 6.32. The minimum Gasteiger partial charge on any atom is -0.497 e. The Bertz CT molecular complexity index is 889. The number of halogens is 1. The van der Waals surface area contributed by atoms with Crippen LogP contribution in [0, 0.1) is 5.41 Å². The first-order valence-electron chi connectivity index (χ1n) is 9.63. The summed E-state index contributed by atoms with van der Waals surface area (Å²) in [6.07, 6.45) is 1.49. The van der Waals surface area contributed by atoms with Crippen molar-refractivity contribution in [3.8, 4) is 5.75 Å². The summed E-state index contributed by atoms with van der Waals surface area (Å²) in [6.45, 7) is 3.28. The third-order valence-electron chi connectivity index (χ3n) is 5.23. The molecule has 2 aromatic carbocycles. The minimum absolute atomic E-state index is 0.0597. The van der Waals surface area contributed by atoms with E-state index in [4.69, 9.17) is 16.3 Å². The van der Waals surface area contributed by atoms with Gasteiger partial charge in [-0.05, 0) is 49.6 Å². The number of rotatable bonds is 5. The Balaban J connectivity index is 1.60. The Morgan fingerprint density at radius 2 is 2.00 bits per heavy atom. The van der Waals surface area contributed by atoms with Gasteiger partial charge in [-0.15, -0.1) is 0 Å². The van der Waals surface area contributed by atoms with Gasteiger partial charge in [-0.2, -0.15) is 0 Å². The lowest BCUT2D eigenvalue weighted by molar-refractivity contribution is -0.132. The number of carbonyl (C=O) groups is 2. The SMILES string of the molecule is COc1cccc(CNC(=O)[C@@]2(C)CCCN(C(=O)Nc3ccccc3Cl)C2)c1. The predicted molar refractivity (Wildman–Crippen MR) is 114 cm³/mol. The Morgan fingerprint density at radius 1 is 1.21 bits per heavy atom. The van der Waals surface area contributed by atoms with Gasteiger partial charge in [0.15, 0.2) is 0 Å². The summed E-state index contributed by atoms with van der Waals surface area (Å²) in [7, 11) is 1.61. The van der Waals surface area contributed by atoms with Gasteiger partial charge in [0.05, 0.1) is 23.2 Å². The molecular weight excluding hydrogens is 390 g/mol. The highest BCUT2D eigenvalue weighted by Crippen LogP contribution is 2.31. The van der Waals surface area contributed by atoms with E-state index in [0.717, 1.165) is 24.2 Å². The zero-order valence-corrected chi connectivity index (χ0v) is 17.5. The molecule has 3 amide bonds. The van der Waals surface area contributed by atoms with E-state index in [1.807, 2.05) is 43.3 Å². The third kappa shape index (κ3) is 5.21. The molecule has 1 atom stereocenters. The van der Waals surface area contributed by atoms with Crippen LogP contribution in [0.25, 0.3) is 0 Å². The van der Waals surface area contributed by atoms with Crippen LogP contribution in [0.2, 0.25) is 5.02 Å². The van der Waals surface area contributed by atoms with Gasteiger partial charge in [0.2, 0.25) is 5.91 Å². The first kappa shape index (κ1) is 21.0. The second kappa shape index (κ2) is 9.18. The molecule has 0 bridgehead atoms. The number of anilines is 1. The normalized spacial score (nSPS) is 18.8. The summed E-state index contributed by atoms with van der Waals surface area (Å²) < 4.78 is 5.22. The fourth-order valence-corrected chi connectivity index (χ4v) is 3.72. The molecule has 2 N–H and O–H groups in total. The molecule has 1 saturated heterocycles. The van der Waals surface area contributed by atoms with E-state index in [1.54, 1.807) is 24.1 Å². The van der Waals surface area contributed by atoms with E-state index in [0.29, 0.717) is 30.3 Å². The second-order valence-corrected chi connectivity index (χ2v) is 7.94. The van der Waals surface area contributed by atoms with Crippen LogP contribution in [0.3, 0.4) is 0 Å². The molecule has 3 rings (SSSR count). The molecule has 0 aliphatic carbocycles. The number of para-hydroxylation sites is 1. The highest BCUT2D eigenvalue weighted by Gasteiger charge is 2.39. The zero-order chi connectivity index (χ0) is 20.9. The van der Waals surface area contributed by atoms with E-state index in [9.17, 15) is 9.59 Å². The second-order valence-electron chi connectivity index (χ2n) is 7.53. The predicted octanol–water partition coefficient (Wildman–Crippen LogP) is 4.30. The van der Waals surface area contributed by atoms with Crippen LogP contribution < -0.4 is 15.4 Å². The number of urea groups is 1. The van der Waals surface area contributed by atoms with E-state index in [-0.39, 0.29) is 11.9 Å². The minimum atomic E-state index is -0.644. The Labute approximate surface area is 176 Å². The molecule has 0 unspecified atom stereocenters. The molecule has 6 nitrogen and oxygen atoms in total. The van der Waals surface area contributed by atoms with Crippen molar-refractivity contribution in [3.63, 3.8) is 0 Å². The van der Waals surface area contributed by atoms with Gasteiger partial charge >= 0.3 is 6.03 Å². The Hall–Kier alpha value is -2.73. The number of amides is 3. The standard InChI is InChI=1S/C22H26ClN3O3/c1-22(20(27)24-14-16-7-5-8-17(13-16)29-2)11-6-12-26(15-22)21(28)25-19-10-4-3-9-18(19)23/h3-5,7-10,13H,6,11-12,14-15H2,1-2H3,(H,24,27)(H,25,28)/t22-/m0/s1. The molecule has 0 radical (unpaired) electrons. The molecular formula is C22H26ClN3O3. The molecule has 0 saturated carbocycles. The van der Waals surface area contributed by atoms with Crippen molar-refractivity contribution in [1.82, 2.24) is 10.2 Å². The Morgan fingerprint density at radius 3 is 2.76 bits per heavy atom. The summed E-state index contributed by atoms with van der Waals surface area (Å²) >= 11 is 6.13. The summed E-state index contributed by atoms with van der Waals surface area (Å²) in [5.74, 6) is 0.693. The average molecular weight is 416 g/mol. The lowest BCUT2D eigenvalue weighted by atomic mass is 9.81. The largest absolute Gasteiger partial charge is 0.497 e. The number of ether oxygens (including phenoxy) is 1. The van der Waals surface area contributed by atoms with Crippen molar-refractivity contribution < 1.29 is 14.3 Å². The monoisotopic (exact) mass is 415 g/mol. The van der Waals surface area contributed by atoms with E-state index in [1.165, 1.54) is 0 Å². The molecule has 29 heavy (non-hydrogen) atoms. The zero-order valence-electron chi connectivity index (χ0n) is 16.7. The van der Waals surface area contributed by atoms with Gasteiger partial charge in [-0.25, -0.2) is 4.79 Å². The van der Waals surface area contributed by atoms with Crippen molar-refractivity contribution in [2.75, 3.05) is 25.5 Å². The van der Waals surface area contributed by atoms with Crippen LogP contribution in [-0.4, -0.2) is 37.0 Å². The number of hydrogen-bond donors (Lipinski definition) is 2. The first-order chi connectivity index (χ1) is 13.9. The number of nitrogens with one attached hydrogen (secondary N) is 2. The fraction of sp³-hybridized carbons (Fsp3) is 0.364. The molecule has 154 valence electrons. The third-order valence-corrected chi connectivity index (χ3v) is 5.56. The topological polar surface area (TPSA) is 70.7 Å². The van der Waals surface area contributed by atoms with Gasteiger partial charge in [0.1, 0.15) is 5.75 Å². The molecule has 1 aliphatic rings. The smallest absolute Gasteiger partial charge is 0.321 e. The lowest BCUT2D eigenvalue weighted by Crippen LogP contribution is -2.52. The van der Waals surface area contributed by atoms with Gasteiger partial charge in [-0.3, -0.25) is 4.79 Å². The number of carbonyl (C=O) groups excluding carboxylic acids is 2. The maximum Gasteiger partial charge on any atom is 0.321 e. The van der Waals surface area contributed by atoms with Crippen molar-refractivity contribution in [2.45, 2.75) is 26.3 Å². The van der Waals surface area contributed by atoms with Crippen LogP contribution in [0.4, 0.5) is 10.5 Å². The highest BCUT2D eigenvalue weighted by atomic mass is 35.5. The average Bonchev–Trinajstić information content (AvgIpc) is 2.73. The van der Waals surface area contributed by atoms with Gasteiger partial charge in [0, 0.05) is 19.6 Å². The number of piperidine rings is 1. The maximum absolute atomic E-state index is 12.9. The van der Waals surface area contributed by atoms with Crippen molar-refractivity contribution in [1.29, 1.82) is 0 Å². The van der Waals surface area contributed by atoms with E-state index >= 15 is 0 Å².